The molecular formula is C27H29N5O2. The number of benzene rings is 2. The molecule has 174 valence electrons. The quantitative estimate of drug-likeness (QED) is 0.337. The number of carbonyl (C=O) groups is 1. The number of hydrogen-bond acceptors (Lipinski definition) is 6. The van der Waals surface area contributed by atoms with Crippen molar-refractivity contribution in [2.45, 2.75) is 32.2 Å². The van der Waals surface area contributed by atoms with Crippen LogP contribution in [0.15, 0.2) is 71.1 Å². The largest absolute Gasteiger partial charge is 0.454 e. The number of primary amides is 1. The number of nitrogens with two attached hydrogens (primary N) is 1. The Balaban J connectivity index is 1.35. The number of aromatic nitrogens is 2. The summed E-state index contributed by atoms with van der Waals surface area (Å²) in [7, 11) is 0. The number of fused-ring (bicyclic) bond motifs is 1. The summed E-state index contributed by atoms with van der Waals surface area (Å²) in [5.41, 5.74) is 8.20. The van der Waals surface area contributed by atoms with Crippen molar-refractivity contribution in [2.24, 2.45) is 17.6 Å². The molecule has 0 aliphatic heterocycles. The molecule has 4 N–H and O–H groups in total. The van der Waals surface area contributed by atoms with Gasteiger partial charge in [0.05, 0.1) is 0 Å². The molecular weight excluding hydrogens is 426 g/mol. The van der Waals surface area contributed by atoms with Crippen LogP contribution in [0.5, 0.6) is 0 Å². The Morgan fingerprint density at radius 1 is 0.941 bits per heavy atom. The van der Waals surface area contributed by atoms with Gasteiger partial charge in [-0.25, -0.2) is 4.98 Å². The highest BCUT2D eigenvalue weighted by Crippen LogP contribution is 2.30. The fourth-order valence-electron chi connectivity index (χ4n) is 4.53. The Hall–Kier alpha value is -3.87. The summed E-state index contributed by atoms with van der Waals surface area (Å²) in [6, 6.07) is 22.1. The number of para-hydroxylation sites is 1. The Labute approximate surface area is 198 Å². The number of amides is 1. The molecule has 7 nitrogen and oxygen atoms in total. The maximum absolute atomic E-state index is 11.4. The molecule has 0 spiro atoms. The fraction of sp³-hybridized carbons (Fsp3) is 0.296. The molecule has 1 saturated carbocycles. The van der Waals surface area contributed by atoms with Crippen molar-refractivity contribution in [3.05, 3.63) is 72.3 Å². The highest BCUT2D eigenvalue weighted by Gasteiger charge is 2.24. The highest BCUT2D eigenvalue weighted by molar-refractivity contribution is 5.82. The summed E-state index contributed by atoms with van der Waals surface area (Å²) in [6.45, 7) is 1.42. The van der Waals surface area contributed by atoms with Gasteiger partial charge in [-0.1, -0.05) is 48.5 Å². The number of rotatable bonds is 8. The minimum absolute atomic E-state index is 0.0118. The van der Waals surface area contributed by atoms with Crippen LogP contribution in [0.1, 0.15) is 31.2 Å². The molecule has 5 rings (SSSR count). The van der Waals surface area contributed by atoms with E-state index in [9.17, 15) is 4.79 Å². The molecule has 4 aromatic rings. The van der Waals surface area contributed by atoms with Gasteiger partial charge in [-0.2, -0.15) is 4.98 Å². The lowest BCUT2D eigenvalue weighted by Gasteiger charge is -2.26. The average molecular weight is 456 g/mol. The molecule has 0 atom stereocenters. The zero-order valence-corrected chi connectivity index (χ0v) is 19.0. The molecule has 0 saturated heterocycles. The summed E-state index contributed by atoms with van der Waals surface area (Å²) in [5, 5.41) is 7.88. The third-order valence-corrected chi connectivity index (χ3v) is 6.52. The van der Waals surface area contributed by atoms with E-state index >= 15 is 0 Å². The van der Waals surface area contributed by atoms with Crippen molar-refractivity contribution in [1.82, 2.24) is 9.97 Å². The topological polar surface area (TPSA) is 106 Å². The van der Waals surface area contributed by atoms with Gasteiger partial charge >= 0.3 is 0 Å². The summed E-state index contributed by atoms with van der Waals surface area (Å²) >= 11 is 0. The first-order valence-electron chi connectivity index (χ1n) is 11.8. The normalized spacial score (nSPS) is 18.0. The lowest BCUT2D eigenvalue weighted by atomic mass is 9.82. The van der Waals surface area contributed by atoms with Crippen molar-refractivity contribution in [3.8, 4) is 11.5 Å². The Kier molecular flexibility index (Phi) is 6.42. The smallest absolute Gasteiger partial charge is 0.225 e. The van der Waals surface area contributed by atoms with Crippen LogP contribution in [0.4, 0.5) is 11.8 Å². The van der Waals surface area contributed by atoms with Crippen molar-refractivity contribution < 1.29 is 9.21 Å². The number of carbonyl (C=O) groups excluding carboxylic acids is 1. The fourth-order valence-corrected chi connectivity index (χ4v) is 4.53. The van der Waals surface area contributed by atoms with E-state index in [4.69, 9.17) is 20.1 Å². The van der Waals surface area contributed by atoms with E-state index < -0.39 is 0 Å². The number of hydrogen-bond donors (Lipinski definition) is 3. The predicted molar refractivity (Wildman–Crippen MR) is 134 cm³/mol. The molecule has 1 fully saturated rings. The van der Waals surface area contributed by atoms with E-state index in [1.807, 2.05) is 54.6 Å². The van der Waals surface area contributed by atoms with Gasteiger partial charge in [-0.3, -0.25) is 4.79 Å². The van der Waals surface area contributed by atoms with Crippen molar-refractivity contribution in [2.75, 3.05) is 17.2 Å². The first-order valence-corrected chi connectivity index (χ1v) is 11.8. The molecule has 0 unspecified atom stereocenters. The molecule has 34 heavy (non-hydrogen) atoms. The van der Waals surface area contributed by atoms with Crippen LogP contribution in [-0.4, -0.2) is 22.4 Å². The lowest BCUT2D eigenvalue weighted by molar-refractivity contribution is -0.122. The Bertz CT molecular complexity index is 1230. The molecule has 2 heterocycles. The monoisotopic (exact) mass is 455 g/mol. The zero-order valence-electron chi connectivity index (χ0n) is 19.0. The Morgan fingerprint density at radius 2 is 1.71 bits per heavy atom. The molecule has 1 amide bonds. The van der Waals surface area contributed by atoms with Crippen LogP contribution in [-0.2, 0) is 11.3 Å². The second kappa shape index (κ2) is 9.95. The van der Waals surface area contributed by atoms with Gasteiger partial charge < -0.3 is 20.8 Å². The molecule has 1 aliphatic rings. The summed E-state index contributed by atoms with van der Waals surface area (Å²) in [6.07, 6.45) is 3.66. The van der Waals surface area contributed by atoms with Gasteiger partial charge in [-0.05, 0) is 49.3 Å². The standard InChI is InChI=1S/C27H29N5O2/c28-26(33)20-12-10-19(11-13-20)17-30-27-31-22(24-14-21-8-4-5-9-23(21)34-24)15-25(32-27)29-16-18-6-2-1-3-7-18/h1-9,14-15,19-20H,10-13,16-17H2,(H2,28,33)(H2,29,30,31,32). The zero-order chi connectivity index (χ0) is 23.3. The highest BCUT2D eigenvalue weighted by atomic mass is 16.3. The number of furan rings is 1. The summed E-state index contributed by atoms with van der Waals surface area (Å²) in [5.74, 6) is 2.30. The average Bonchev–Trinajstić information content (AvgIpc) is 3.32. The number of nitrogens with zero attached hydrogens (tertiary/aromatic N) is 2. The van der Waals surface area contributed by atoms with E-state index in [2.05, 4.69) is 22.8 Å². The lowest BCUT2D eigenvalue weighted by Crippen LogP contribution is -2.29. The van der Waals surface area contributed by atoms with E-state index in [1.165, 1.54) is 5.56 Å². The molecule has 0 bridgehead atoms. The van der Waals surface area contributed by atoms with Gasteiger partial charge in [0, 0.05) is 30.5 Å². The van der Waals surface area contributed by atoms with Crippen LogP contribution in [0, 0.1) is 11.8 Å². The molecule has 0 radical (unpaired) electrons. The molecule has 1 aliphatic carbocycles. The van der Waals surface area contributed by atoms with Crippen molar-refractivity contribution >= 4 is 28.6 Å². The Morgan fingerprint density at radius 3 is 2.47 bits per heavy atom. The van der Waals surface area contributed by atoms with Gasteiger partial charge in [-0.15, -0.1) is 0 Å². The van der Waals surface area contributed by atoms with Crippen LogP contribution >= 0.6 is 0 Å². The second-order valence-electron chi connectivity index (χ2n) is 8.95. The van der Waals surface area contributed by atoms with Gasteiger partial charge in [0.15, 0.2) is 5.76 Å². The van der Waals surface area contributed by atoms with E-state index in [0.29, 0.717) is 24.2 Å². The molecule has 2 aromatic carbocycles. The second-order valence-corrected chi connectivity index (χ2v) is 8.95. The number of nitrogens with one attached hydrogen (secondary N) is 2. The van der Waals surface area contributed by atoms with Crippen molar-refractivity contribution in [1.29, 1.82) is 0 Å². The minimum atomic E-state index is -0.178. The third-order valence-electron chi connectivity index (χ3n) is 6.52. The van der Waals surface area contributed by atoms with E-state index in [-0.39, 0.29) is 11.8 Å². The third kappa shape index (κ3) is 5.20. The maximum atomic E-state index is 11.4. The van der Waals surface area contributed by atoms with Crippen LogP contribution in [0.25, 0.3) is 22.4 Å². The van der Waals surface area contributed by atoms with Gasteiger partial charge in [0.25, 0.3) is 0 Å². The molecule has 7 heteroatoms. The van der Waals surface area contributed by atoms with Gasteiger partial charge in [0.1, 0.15) is 17.1 Å². The van der Waals surface area contributed by atoms with E-state index in [1.54, 1.807) is 0 Å². The summed E-state index contributed by atoms with van der Waals surface area (Å²) in [4.78, 5) is 20.9. The SMILES string of the molecule is NC(=O)C1CCC(CNc2nc(NCc3ccccc3)cc(-c3cc4ccccc4o3)n2)CC1. The van der Waals surface area contributed by atoms with E-state index in [0.717, 1.165) is 54.7 Å². The maximum Gasteiger partial charge on any atom is 0.225 e. The minimum Gasteiger partial charge on any atom is -0.454 e. The predicted octanol–water partition coefficient (Wildman–Crippen LogP) is 5.21. The van der Waals surface area contributed by atoms with Crippen molar-refractivity contribution in [3.63, 3.8) is 0 Å². The van der Waals surface area contributed by atoms with Crippen LogP contribution in [0.3, 0.4) is 0 Å². The molecule has 2 aromatic heterocycles. The summed E-state index contributed by atoms with van der Waals surface area (Å²) < 4.78 is 6.07. The van der Waals surface area contributed by atoms with Crippen LogP contribution in [0.2, 0.25) is 0 Å². The van der Waals surface area contributed by atoms with Gasteiger partial charge in [0.2, 0.25) is 11.9 Å². The van der Waals surface area contributed by atoms with Crippen LogP contribution < -0.4 is 16.4 Å². The number of anilines is 2. The first kappa shape index (κ1) is 21.9. The first-order chi connectivity index (χ1) is 16.6.